The van der Waals surface area contributed by atoms with Crippen molar-refractivity contribution in [2.75, 3.05) is 6.54 Å². The molecule has 64 valence electrons. The highest BCUT2D eigenvalue weighted by atomic mass is 15.2. The molecule has 1 fully saturated rings. The van der Waals surface area contributed by atoms with Crippen molar-refractivity contribution >= 4 is 0 Å². The molecule has 2 heteroatoms. The highest BCUT2D eigenvalue weighted by Crippen LogP contribution is 2.17. The predicted molar refractivity (Wildman–Crippen MR) is 45.7 cm³/mol. The van der Waals surface area contributed by atoms with Crippen LogP contribution in [0.15, 0.2) is 0 Å². The van der Waals surface area contributed by atoms with Crippen molar-refractivity contribution in [3.8, 4) is 0 Å². The van der Waals surface area contributed by atoms with Crippen LogP contribution >= 0.6 is 0 Å². The maximum Gasteiger partial charge on any atom is 0.141 e. The van der Waals surface area contributed by atoms with Crippen molar-refractivity contribution in [3.05, 3.63) is 5.53 Å². The molecule has 1 saturated heterocycles. The minimum Gasteiger partial charge on any atom is -0.507 e. The SMILES string of the molecule is CCCCCC1CCC[N+]1=[N-]. The fourth-order valence-corrected chi connectivity index (χ4v) is 1.74. The van der Waals surface area contributed by atoms with Gasteiger partial charge < -0.3 is 10.2 Å². The largest absolute Gasteiger partial charge is 0.507 e. The first-order chi connectivity index (χ1) is 5.34. The average molecular weight is 154 g/mol. The zero-order valence-corrected chi connectivity index (χ0v) is 7.42. The van der Waals surface area contributed by atoms with Gasteiger partial charge in [0.25, 0.3) is 0 Å². The lowest BCUT2D eigenvalue weighted by atomic mass is 10.1. The quantitative estimate of drug-likeness (QED) is 0.439. The molecule has 0 aromatic rings. The van der Waals surface area contributed by atoms with E-state index in [0.717, 1.165) is 6.54 Å². The highest BCUT2D eigenvalue weighted by molar-refractivity contribution is 4.61. The summed E-state index contributed by atoms with van der Waals surface area (Å²) in [5.41, 5.74) is 9.32. The topological polar surface area (TPSA) is 25.3 Å². The van der Waals surface area contributed by atoms with Crippen molar-refractivity contribution in [2.45, 2.75) is 51.5 Å². The van der Waals surface area contributed by atoms with E-state index in [1.165, 1.54) is 43.2 Å². The van der Waals surface area contributed by atoms with Crippen LogP contribution in [0.2, 0.25) is 0 Å². The van der Waals surface area contributed by atoms with E-state index >= 15 is 0 Å². The molecule has 0 aliphatic carbocycles. The van der Waals surface area contributed by atoms with Crippen LogP contribution in [0.4, 0.5) is 0 Å². The van der Waals surface area contributed by atoms with Gasteiger partial charge in [0.1, 0.15) is 12.6 Å². The Hall–Kier alpha value is -0.400. The molecule has 0 aromatic carbocycles. The third-order valence-electron chi connectivity index (χ3n) is 2.49. The van der Waals surface area contributed by atoms with Gasteiger partial charge in [-0.3, -0.25) is 0 Å². The summed E-state index contributed by atoms with van der Waals surface area (Å²) < 4.78 is 1.52. The van der Waals surface area contributed by atoms with E-state index < -0.39 is 0 Å². The van der Waals surface area contributed by atoms with Crippen LogP contribution in [0.1, 0.15) is 45.4 Å². The van der Waals surface area contributed by atoms with E-state index in [1.54, 1.807) is 0 Å². The Kier molecular flexibility index (Phi) is 3.53. The van der Waals surface area contributed by atoms with E-state index in [1.807, 2.05) is 0 Å². The maximum atomic E-state index is 9.32. The van der Waals surface area contributed by atoms with Crippen LogP contribution in [0, 0.1) is 0 Å². The van der Waals surface area contributed by atoms with Crippen LogP contribution < -0.4 is 0 Å². The number of unbranched alkanes of at least 4 members (excludes halogenated alkanes) is 2. The second-order valence-electron chi connectivity index (χ2n) is 3.45. The number of nitrogens with zero attached hydrogens (tertiary/aromatic N) is 2. The van der Waals surface area contributed by atoms with E-state index in [4.69, 9.17) is 0 Å². The minimum atomic E-state index is 0.474. The van der Waals surface area contributed by atoms with Crippen LogP contribution in [-0.2, 0) is 0 Å². The summed E-state index contributed by atoms with van der Waals surface area (Å²) in [5, 5.41) is 0. The first kappa shape index (κ1) is 8.69. The monoisotopic (exact) mass is 154 g/mol. The Morgan fingerprint density at radius 2 is 2.27 bits per heavy atom. The van der Waals surface area contributed by atoms with Gasteiger partial charge in [-0.1, -0.05) is 19.8 Å². The summed E-state index contributed by atoms with van der Waals surface area (Å²) in [5.74, 6) is 0. The second kappa shape index (κ2) is 4.47. The molecule has 1 unspecified atom stereocenters. The Morgan fingerprint density at radius 3 is 2.82 bits per heavy atom. The Morgan fingerprint density at radius 1 is 1.45 bits per heavy atom. The summed E-state index contributed by atoms with van der Waals surface area (Å²) in [4.78, 5) is 0. The van der Waals surface area contributed by atoms with Crippen LogP contribution in [0.5, 0.6) is 0 Å². The van der Waals surface area contributed by atoms with E-state index in [2.05, 4.69) is 6.92 Å². The minimum absolute atomic E-state index is 0.474. The summed E-state index contributed by atoms with van der Waals surface area (Å²) in [6.07, 6.45) is 7.42. The molecule has 1 aliphatic heterocycles. The molecule has 0 amide bonds. The molecule has 11 heavy (non-hydrogen) atoms. The van der Waals surface area contributed by atoms with Gasteiger partial charge in [-0.2, -0.15) is 0 Å². The van der Waals surface area contributed by atoms with E-state index in [-0.39, 0.29) is 0 Å². The lowest BCUT2D eigenvalue weighted by molar-refractivity contribution is -0.565. The molecule has 1 atom stereocenters. The Bertz CT molecular complexity index is 132. The van der Waals surface area contributed by atoms with E-state index in [0.29, 0.717) is 6.04 Å². The van der Waals surface area contributed by atoms with Gasteiger partial charge in [-0.25, -0.2) is 0 Å². The maximum absolute atomic E-state index is 9.32. The first-order valence-corrected chi connectivity index (χ1v) is 4.80. The van der Waals surface area contributed by atoms with Gasteiger partial charge in [0.15, 0.2) is 0 Å². The molecular formula is C9H18N2. The molecule has 0 bridgehead atoms. The fourth-order valence-electron chi connectivity index (χ4n) is 1.74. The lowest BCUT2D eigenvalue weighted by Crippen LogP contribution is -2.15. The Balaban J connectivity index is 2.10. The van der Waals surface area contributed by atoms with Gasteiger partial charge in [0.2, 0.25) is 0 Å². The predicted octanol–water partition coefficient (Wildman–Crippen LogP) is 2.76. The molecule has 0 spiro atoms. The normalized spacial score (nSPS) is 24.5. The zero-order chi connectivity index (χ0) is 8.10. The molecule has 0 radical (unpaired) electrons. The van der Waals surface area contributed by atoms with Crippen LogP contribution in [-0.4, -0.2) is 17.3 Å². The van der Waals surface area contributed by atoms with Crippen molar-refractivity contribution in [2.24, 2.45) is 0 Å². The highest BCUT2D eigenvalue weighted by Gasteiger charge is 2.21. The molecule has 1 heterocycles. The van der Waals surface area contributed by atoms with Crippen LogP contribution in [0.3, 0.4) is 0 Å². The van der Waals surface area contributed by atoms with Gasteiger partial charge in [-0.15, -0.1) is 0 Å². The van der Waals surface area contributed by atoms with Crippen molar-refractivity contribution in [1.29, 1.82) is 0 Å². The lowest BCUT2D eigenvalue weighted by Gasteiger charge is -2.09. The standard InChI is InChI=1S/C9H18N2/c1-2-3-4-6-9-7-5-8-11(9)10/h9H,2-8H2,1H3. The molecule has 1 aliphatic rings. The van der Waals surface area contributed by atoms with Gasteiger partial charge in [0, 0.05) is 19.3 Å². The second-order valence-corrected chi connectivity index (χ2v) is 3.45. The molecule has 0 N–H and O–H groups in total. The summed E-state index contributed by atoms with van der Waals surface area (Å²) >= 11 is 0. The van der Waals surface area contributed by atoms with Crippen molar-refractivity contribution < 1.29 is 4.70 Å². The summed E-state index contributed by atoms with van der Waals surface area (Å²) in [6.45, 7) is 3.10. The van der Waals surface area contributed by atoms with Gasteiger partial charge in [-0.05, 0) is 6.42 Å². The number of rotatable bonds is 4. The smallest absolute Gasteiger partial charge is 0.141 e. The van der Waals surface area contributed by atoms with Gasteiger partial charge in [0.05, 0.1) is 0 Å². The Labute approximate surface area is 69.1 Å². The zero-order valence-electron chi connectivity index (χ0n) is 7.42. The molecule has 0 saturated carbocycles. The first-order valence-electron chi connectivity index (χ1n) is 4.80. The van der Waals surface area contributed by atoms with Crippen molar-refractivity contribution in [3.63, 3.8) is 0 Å². The molecule has 1 rings (SSSR count). The van der Waals surface area contributed by atoms with Crippen LogP contribution in [0.25, 0.3) is 5.53 Å². The molecule has 0 aromatic heterocycles. The van der Waals surface area contributed by atoms with E-state index in [9.17, 15) is 5.53 Å². The third-order valence-corrected chi connectivity index (χ3v) is 2.49. The fraction of sp³-hybridized carbons (Fsp3) is 1.00. The molecular weight excluding hydrogens is 136 g/mol. The summed E-state index contributed by atoms with van der Waals surface area (Å²) in [7, 11) is 0. The number of hydrogen-bond acceptors (Lipinski definition) is 0. The number of hydrogen-bond donors (Lipinski definition) is 0. The average Bonchev–Trinajstić information content (AvgIpc) is 2.37. The third kappa shape index (κ3) is 2.60. The summed E-state index contributed by atoms with van der Waals surface area (Å²) in [6, 6.07) is 0.474. The van der Waals surface area contributed by atoms with Crippen molar-refractivity contribution in [1.82, 2.24) is 0 Å². The molecule has 2 nitrogen and oxygen atoms in total. The van der Waals surface area contributed by atoms with Gasteiger partial charge >= 0.3 is 0 Å².